The summed E-state index contributed by atoms with van der Waals surface area (Å²) >= 11 is 0. The Morgan fingerprint density at radius 3 is 2.94 bits per heavy atom. The van der Waals surface area contributed by atoms with E-state index < -0.39 is 0 Å². The first-order chi connectivity index (χ1) is 8.66. The Labute approximate surface area is 103 Å². The number of anilines is 1. The molecule has 6 heteroatoms. The van der Waals surface area contributed by atoms with Crippen LogP contribution in [0.25, 0.3) is 10.9 Å². The maximum absolute atomic E-state index is 11.8. The van der Waals surface area contributed by atoms with Crippen molar-refractivity contribution in [1.29, 1.82) is 0 Å². The molecule has 1 aliphatic heterocycles. The average molecular weight is 244 g/mol. The number of benzene rings is 1. The fraction of sp³-hybridized carbons (Fsp3) is 0.250. The first kappa shape index (κ1) is 10.8. The third kappa shape index (κ3) is 1.54. The van der Waals surface area contributed by atoms with Crippen LogP contribution in [-0.2, 0) is 9.59 Å². The predicted octanol–water partition coefficient (Wildman–Crippen LogP) is 0.665. The van der Waals surface area contributed by atoms with Gasteiger partial charge in [0.1, 0.15) is 5.52 Å². The summed E-state index contributed by atoms with van der Waals surface area (Å²) in [5.74, 6) is -0.867. The molecule has 4 N–H and O–H groups in total. The van der Waals surface area contributed by atoms with Crippen molar-refractivity contribution in [2.24, 2.45) is 0 Å². The summed E-state index contributed by atoms with van der Waals surface area (Å²) in [6.45, 7) is 0. The van der Waals surface area contributed by atoms with Crippen molar-refractivity contribution in [1.82, 2.24) is 15.5 Å². The molecule has 2 amide bonds. The van der Waals surface area contributed by atoms with Crippen LogP contribution in [0.1, 0.15) is 24.5 Å². The van der Waals surface area contributed by atoms with Gasteiger partial charge in [-0.15, -0.1) is 0 Å². The molecule has 2 heterocycles. The quantitative estimate of drug-likeness (QED) is 0.506. The smallest absolute Gasteiger partial charge is 0.235 e. The minimum Gasteiger partial charge on any atom is -0.397 e. The Morgan fingerprint density at radius 2 is 2.17 bits per heavy atom. The maximum Gasteiger partial charge on any atom is 0.235 e. The number of fused-ring (bicyclic) bond motifs is 1. The molecule has 2 aromatic rings. The van der Waals surface area contributed by atoms with Crippen LogP contribution in [0.4, 0.5) is 5.69 Å². The highest BCUT2D eigenvalue weighted by molar-refractivity contribution is 6.03. The van der Waals surface area contributed by atoms with E-state index in [1.54, 1.807) is 6.07 Å². The number of hydrogen-bond acceptors (Lipinski definition) is 4. The molecule has 18 heavy (non-hydrogen) atoms. The normalized spacial score (nSPS) is 20.1. The van der Waals surface area contributed by atoms with Gasteiger partial charge in [-0.2, -0.15) is 5.10 Å². The van der Waals surface area contributed by atoms with Crippen molar-refractivity contribution in [2.45, 2.75) is 18.8 Å². The molecular formula is C12H12N4O2. The van der Waals surface area contributed by atoms with E-state index >= 15 is 0 Å². The Bertz CT molecular complexity index is 647. The molecule has 1 saturated heterocycles. The zero-order chi connectivity index (χ0) is 12.7. The number of carbonyl (C=O) groups excluding carboxylic acids is 2. The van der Waals surface area contributed by atoms with Crippen LogP contribution in [0, 0.1) is 0 Å². The molecular weight excluding hydrogens is 232 g/mol. The molecule has 1 fully saturated rings. The highest BCUT2D eigenvalue weighted by atomic mass is 16.2. The van der Waals surface area contributed by atoms with Crippen molar-refractivity contribution in [3.05, 3.63) is 23.9 Å². The van der Waals surface area contributed by atoms with Crippen molar-refractivity contribution in [2.75, 3.05) is 5.73 Å². The molecule has 1 atom stereocenters. The number of aromatic nitrogens is 2. The largest absolute Gasteiger partial charge is 0.397 e. The van der Waals surface area contributed by atoms with Gasteiger partial charge in [-0.1, -0.05) is 12.1 Å². The second-order valence-corrected chi connectivity index (χ2v) is 4.38. The predicted molar refractivity (Wildman–Crippen MR) is 65.6 cm³/mol. The molecule has 1 unspecified atom stereocenters. The van der Waals surface area contributed by atoms with Gasteiger partial charge in [0.05, 0.1) is 17.3 Å². The molecule has 0 aliphatic carbocycles. The Hall–Kier alpha value is -2.37. The zero-order valence-electron chi connectivity index (χ0n) is 9.56. The third-order valence-electron chi connectivity index (χ3n) is 3.23. The number of hydrogen-bond donors (Lipinski definition) is 3. The Morgan fingerprint density at radius 1 is 1.33 bits per heavy atom. The number of amides is 2. The Kier molecular flexibility index (Phi) is 2.29. The minimum atomic E-state index is -0.366. The first-order valence-corrected chi connectivity index (χ1v) is 5.73. The number of H-pyrrole nitrogens is 1. The monoisotopic (exact) mass is 244 g/mol. The molecule has 0 saturated carbocycles. The van der Waals surface area contributed by atoms with E-state index in [9.17, 15) is 9.59 Å². The van der Waals surface area contributed by atoms with Crippen molar-refractivity contribution in [3.63, 3.8) is 0 Å². The van der Waals surface area contributed by atoms with E-state index in [0.29, 0.717) is 24.0 Å². The highest BCUT2D eigenvalue weighted by Crippen LogP contribution is 2.30. The van der Waals surface area contributed by atoms with Crippen LogP contribution in [0.5, 0.6) is 0 Å². The van der Waals surface area contributed by atoms with Gasteiger partial charge in [0.15, 0.2) is 0 Å². The van der Waals surface area contributed by atoms with Crippen LogP contribution in [-0.4, -0.2) is 22.0 Å². The number of nitrogens with two attached hydrogens (primary N) is 1. The average Bonchev–Trinajstić information content (AvgIpc) is 2.74. The summed E-state index contributed by atoms with van der Waals surface area (Å²) < 4.78 is 0. The third-order valence-corrected chi connectivity index (χ3v) is 3.23. The molecule has 92 valence electrons. The SMILES string of the molecule is Nc1cccc2c(C3CCC(=O)NC3=O)[nH]nc12. The number of nitrogen functional groups attached to an aromatic ring is 1. The van der Waals surface area contributed by atoms with Gasteiger partial charge >= 0.3 is 0 Å². The van der Waals surface area contributed by atoms with Crippen LogP contribution in [0.15, 0.2) is 18.2 Å². The van der Waals surface area contributed by atoms with Gasteiger partial charge in [0, 0.05) is 11.8 Å². The second-order valence-electron chi connectivity index (χ2n) is 4.38. The summed E-state index contributed by atoms with van der Waals surface area (Å²) in [7, 11) is 0. The molecule has 0 spiro atoms. The van der Waals surface area contributed by atoms with Crippen LogP contribution in [0.3, 0.4) is 0 Å². The topological polar surface area (TPSA) is 101 Å². The molecule has 3 rings (SSSR count). The minimum absolute atomic E-state index is 0.223. The van der Waals surface area contributed by atoms with Gasteiger partial charge in [-0.3, -0.25) is 20.0 Å². The zero-order valence-corrected chi connectivity index (χ0v) is 9.56. The maximum atomic E-state index is 11.8. The lowest BCUT2D eigenvalue weighted by Gasteiger charge is -2.19. The van der Waals surface area contributed by atoms with Crippen molar-refractivity contribution >= 4 is 28.4 Å². The number of aromatic amines is 1. The van der Waals surface area contributed by atoms with Crippen LogP contribution < -0.4 is 11.1 Å². The number of para-hydroxylation sites is 1. The number of rotatable bonds is 1. The van der Waals surface area contributed by atoms with Gasteiger partial charge in [-0.25, -0.2) is 0 Å². The molecule has 1 aliphatic rings. The lowest BCUT2D eigenvalue weighted by molar-refractivity contribution is -0.134. The van der Waals surface area contributed by atoms with E-state index in [-0.39, 0.29) is 17.7 Å². The molecule has 6 nitrogen and oxygen atoms in total. The van der Waals surface area contributed by atoms with Gasteiger partial charge < -0.3 is 5.73 Å². The molecule has 1 aromatic heterocycles. The van der Waals surface area contributed by atoms with E-state index in [0.717, 1.165) is 11.1 Å². The summed E-state index contributed by atoms with van der Waals surface area (Å²) in [4.78, 5) is 22.9. The van der Waals surface area contributed by atoms with E-state index in [1.807, 2.05) is 12.1 Å². The van der Waals surface area contributed by atoms with E-state index in [4.69, 9.17) is 5.73 Å². The lowest BCUT2D eigenvalue weighted by atomic mass is 9.93. The van der Waals surface area contributed by atoms with Gasteiger partial charge in [-0.05, 0) is 12.5 Å². The summed E-state index contributed by atoms with van der Waals surface area (Å²) in [6, 6.07) is 5.45. The number of carbonyl (C=O) groups is 2. The number of nitrogens with zero attached hydrogens (tertiary/aromatic N) is 1. The fourth-order valence-corrected chi connectivity index (χ4v) is 2.31. The highest BCUT2D eigenvalue weighted by Gasteiger charge is 2.30. The van der Waals surface area contributed by atoms with E-state index in [1.165, 1.54) is 0 Å². The van der Waals surface area contributed by atoms with Gasteiger partial charge in [0.25, 0.3) is 0 Å². The lowest BCUT2D eigenvalue weighted by Crippen LogP contribution is -2.39. The van der Waals surface area contributed by atoms with Gasteiger partial charge in [0.2, 0.25) is 11.8 Å². The summed E-state index contributed by atoms with van der Waals surface area (Å²) in [6.07, 6.45) is 0.843. The number of imide groups is 1. The first-order valence-electron chi connectivity index (χ1n) is 5.73. The molecule has 0 bridgehead atoms. The summed E-state index contributed by atoms with van der Waals surface area (Å²) in [5, 5.41) is 10.2. The molecule has 1 aromatic carbocycles. The number of piperidine rings is 1. The Balaban J connectivity index is 2.07. The molecule has 0 radical (unpaired) electrons. The van der Waals surface area contributed by atoms with Crippen LogP contribution in [0.2, 0.25) is 0 Å². The fourth-order valence-electron chi connectivity index (χ4n) is 2.31. The van der Waals surface area contributed by atoms with E-state index in [2.05, 4.69) is 15.5 Å². The van der Waals surface area contributed by atoms with Crippen molar-refractivity contribution < 1.29 is 9.59 Å². The second kappa shape index (κ2) is 3.83. The standard InChI is InChI=1S/C12H12N4O2/c13-8-3-1-2-6-10(15-16-11(6)8)7-4-5-9(17)14-12(7)18/h1-3,7H,4-5,13H2,(H,15,16)(H,14,17,18). The van der Waals surface area contributed by atoms with Crippen molar-refractivity contribution in [3.8, 4) is 0 Å². The van der Waals surface area contributed by atoms with Crippen LogP contribution >= 0.6 is 0 Å². The summed E-state index contributed by atoms with van der Waals surface area (Å²) in [5.41, 5.74) is 7.78. The number of nitrogens with one attached hydrogen (secondary N) is 2.